The van der Waals surface area contributed by atoms with Crippen molar-refractivity contribution in [2.24, 2.45) is 5.73 Å². The third kappa shape index (κ3) is 4.44. The van der Waals surface area contributed by atoms with Gasteiger partial charge >= 0.3 is 0 Å². The van der Waals surface area contributed by atoms with Gasteiger partial charge in [-0.1, -0.05) is 6.92 Å². The van der Waals surface area contributed by atoms with Crippen molar-refractivity contribution in [2.45, 2.75) is 33.2 Å². The molecule has 0 radical (unpaired) electrons. The molecule has 0 saturated carbocycles. The largest absolute Gasteiger partial charge is 0.494 e. The Labute approximate surface area is 114 Å². The third-order valence-electron chi connectivity index (χ3n) is 2.60. The predicted octanol–water partition coefficient (Wildman–Crippen LogP) is 2.16. The van der Waals surface area contributed by atoms with Gasteiger partial charge in [-0.25, -0.2) is 0 Å². The number of carbonyl (C=O) groups excluding carboxylic acids is 1. The molecule has 0 fully saturated rings. The normalized spacial score (nSPS) is 11.8. The van der Waals surface area contributed by atoms with Crippen LogP contribution < -0.4 is 20.5 Å². The number of carbonyl (C=O) groups is 1. The van der Waals surface area contributed by atoms with E-state index in [1.54, 1.807) is 12.1 Å². The number of benzene rings is 1. The van der Waals surface area contributed by atoms with Crippen molar-refractivity contribution < 1.29 is 14.3 Å². The van der Waals surface area contributed by atoms with E-state index in [2.05, 4.69) is 5.32 Å². The summed E-state index contributed by atoms with van der Waals surface area (Å²) >= 11 is 0. The summed E-state index contributed by atoms with van der Waals surface area (Å²) in [7, 11) is 0. The SMILES string of the molecule is CCOc1ccc(OCC)c(NC(=O)[C@H](N)CC)c1. The molecule has 0 aliphatic carbocycles. The van der Waals surface area contributed by atoms with Crippen LogP contribution in [0.4, 0.5) is 5.69 Å². The van der Waals surface area contributed by atoms with Crippen molar-refractivity contribution in [2.75, 3.05) is 18.5 Å². The highest BCUT2D eigenvalue weighted by molar-refractivity contribution is 5.96. The number of nitrogens with two attached hydrogens (primary N) is 1. The molecule has 0 spiro atoms. The first-order valence-electron chi connectivity index (χ1n) is 6.58. The van der Waals surface area contributed by atoms with Crippen LogP contribution in [0, 0.1) is 0 Å². The van der Waals surface area contributed by atoms with Crippen LogP contribution in [0.15, 0.2) is 18.2 Å². The monoisotopic (exact) mass is 266 g/mol. The zero-order valence-electron chi connectivity index (χ0n) is 11.7. The number of hydrogen-bond acceptors (Lipinski definition) is 4. The lowest BCUT2D eigenvalue weighted by molar-refractivity contribution is -0.117. The van der Waals surface area contributed by atoms with E-state index in [9.17, 15) is 4.79 Å². The Balaban J connectivity index is 2.93. The van der Waals surface area contributed by atoms with Gasteiger partial charge in [0, 0.05) is 6.07 Å². The fraction of sp³-hybridized carbons (Fsp3) is 0.500. The quantitative estimate of drug-likeness (QED) is 0.793. The van der Waals surface area contributed by atoms with Crippen LogP contribution in [0.5, 0.6) is 11.5 Å². The standard InChI is InChI=1S/C14H22N2O3/c1-4-11(15)14(17)16-12-9-10(18-5-2)7-8-13(12)19-6-3/h7-9,11H,4-6,15H2,1-3H3,(H,16,17)/t11-/m1/s1. The average Bonchev–Trinajstić information content (AvgIpc) is 2.41. The van der Waals surface area contributed by atoms with Crippen LogP contribution in [-0.2, 0) is 4.79 Å². The Morgan fingerprint density at radius 3 is 2.53 bits per heavy atom. The molecular formula is C14H22N2O3. The zero-order chi connectivity index (χ0) is 14.3. The highest BCUT2D eigenvalue weighted by atomic mass is 16.5. The third-order valence-corrected chi connectivity index (χ3v) is 2.60. The van der Waals surface area contributed by atoms with Gasteiger partial charge < -0.3 is 20.5 Å². The van der Waals surface area contributed by atoms with Gasteiger partial charge in [-0.2, -0.15) is 0 Å². The summed E-state index contributed by atoms with van der Waals surface area (Å²) < 4.78 is 10.9. The lowest BCUT2D eigenvalue weighted by Gasteiger charge is -2.15. The summed E-state index contributed by atoms with van der Waals surface area (Å²) in [5.41, 5.74) is 6.29. The second kappa shape index (κ2) is 7.63. The first-order valence-corrected chi connectivity index (χ1v) is 6.58. The molecule has 0 aromatic heterocycles. The molecule has 1 atom stereocenters. The smallest absolute Gasteiger partial charge is 0.241 e. The van der Waals surface area contributed by atoms with Crippen molar-refractivity contribution in [1.29, 1.82) is 0 Å². The fourth-order valence-electron chi connectivity index (χ4n) is 1.56. The molecule has 0 saturated heterocycles. The van der Waals surface area contributed by atoms with Gasteiger partial charge in [0.1, 0.15) is 11.5 Å². The highest BCUT2D eigenvalue weighted by Crippen LogP contribution is 2.29. The summed E-state index contributed by atoms with van der Waals surface area (Å²) in [5, 5.41) is 2.78. The van der Waals surface area contributed by atoms with Gasteiger partial charge in [0.15, 0.2) is 0 Å². The highest BCUT2D eigenvalue weighted by Gasteiger charge is 2.14. The molecule has 0 aliphatic heterocycles. The first kappa shape index (κ1) is 15.3. The molecule has 1 rings (SSSR count). The van der Waals surface area contributed by atoms with E-state index < -0.39 is 6.04 Å². The molecule has 3 N–H and O–H groups in total. The minimum Gasteiger partial charge on any atom is -0.494 e. The van der Waals surface area contributed by atoms with Gasteiger partial charge in [0.25, 0.3) is 0 Å². The Morgan fingerprint density at radius 2 is 1.95 bits per heavy atom. The molecule has 1 aromatic rings. The lowest BCUT2D eigenvalue weighted by Crippen LogP contribution is -2.34. The first-order chi connectivity index (χ1) is 9.12. The Kier molecular flexibility index (Phi) is 6.15. The topological polar surface area (TPSA) is 73.6 Å². The van der Waals surface area contributed by atoms with Gasteiger partial charge in [0.2, 0.25) is 5.91 Å². The molecule has 5 heteroatoms. The molecule has 1 aromatic carbocycles. The number of ether oxygens (including phenoxy) is 2. The van der Waals surface area contributed by atoms with Crippen molar-refractivity contribution in [1.82, 2.24) is 0 Å². The summed E-state index contributed by atoms with van der Waals surface area (Å²) in [6.07, 6.45) is 0.584. The summed E-state index contributed by atoms with van der Waals surface area (Å²) in [5.74, 6) is 1.08. The maximum Gasteiger partial charge on any atom is 0.241 e. The fourth-order valence-corrected chi connectivity index (χ4v) is 1.56. The van der Waals surface area contributed by atoms with Crippen LogP contribution in [-0.4, -0.2) is 25.2 Å². The van der Waals surface area contributed by atoms with E-state index >= 15 is 0 Å². The molecule has 0 heterocycles. The van der Waals surface area contributed by atoms with Crippen molar-refractivity contribution in [3.05, 3.63) is 18.2 Å². The summed E-state index contributed by atoms with van der Waals surface area (Å²) in [6, 6.07) is 4.81. The van der Waals surface area contributed by atoms with Crippen LogP contribution in [0.3, 0.4) is 0 Å². The Morgan fingerprint density at radius 1 is 1.26 bits per heavy atom. The van der Waals surface area contributed by atoms with Gasteiger partial charge in [-0.15, -0.1) is 0 Å². The number of hydrogen-bond donors (Lipinski definition) is 2. The summed E-state index contributed by atoms with van der Waals surface area (Å²) in [4.78, 5) is 11.8. The molecule has 0 unspecified atom stereocenters. The molecule has 0 aliphatic rings. The minimum atomic E-state index is -0.523. The van der Waals surface area contributed by atoms with E-state index in [0.717, 1.165) is 0 Å². The predicted molar refractivity (Wildman–Crippen MR) is 75.7 cm³/mol. The van der Waals surface area contributed by atoms with Crippen molar-refractivity contribution in [3.63, 3.8) is 0 Å². The number of rotatable bonds is 7. The van der Waals surface area contributed by atoms with Crippen LogP contribution in [0.2, 0.25) is 0 Å². The van der Waals surface area contributed by atoms with E-state index in [0.29, 0.717) is 36.8 Å². The van der Waals surface area contributed by atoms with Crippen molar-refractivity contribution in [3.8, 4) is 11.5 Å². The van der Waals surface area contributed by atoms with Gasteiger partial charge in [-0.3, -0.25) is 4.79 Å². The molecule has 5 nitrogen and oxygen atoms in total. The van der Waals surface area contributed by atoms with Crippen LogP contribution >= 0.6 is 0 Å². The van der Waals surface area contributed by atoms with Gasteiger partial charge in [0.05, 0.1) is 24.9 Å². The average molecular weight is 266 g/mol. The van der Waals surface area contributed by atoms with Crippen LogP contribution in [0.25, 0.3) is 0 Å². The molecule has 19 heavy (non-hydrogen) atoms. The zero-order valence-corrected chi connectivity index (χ0v) is 11.7. The molecule has 1 amide bonds. The number of anilines is 1. The minimum absolute atomic E-state index is 0.225. The second-order valence-electron chi connectivity index (χ2n) is 4.03. The Bertz CT molecular complexity index is 421. The molecular weight excluding hydrogens is 244 g/mol. The van der Waals surface area contributed by atoms with Crippen molar-refractivity contribution >= 4 is 11.6 Å². The Hall–Kier alpha value is -1.75. The van der Waals surface area contributed by atoms with Gasteiger partial charge in [-0.05, 0) is 32.4 Å². The maximum absolute atomic E-state index is 11.8. The van der Waals surface area contributed by atoms with E-state index in [4.69, 9.17) is 15.2 Å². The number of nitrogens with one attached hydrogen (secondary N) is 1. The second-order valence-corrected chi connectivity index (χ2v) is 4.03. The van der Waals surface area contributed by atoms with E-state index in [-0.39, 0.29) is 5.91 Å². The maximum atomic E-state index is 11.8. The van der Waals surface area contributed by atoms with E-state index in [1.165, 1.54) is 0 Å². The lowest BCUT2D eigenvalue weighted by atomic mass is 10.2. The van der Waals surface area contributed by atoms with Crippen LogP contribution in [0.1, 0.15) is 27.2 Å². The molecule has 0 bridgehead atoms. The number of amides is 1. The van der Waals surface area contributed by atoms with E-state index in [1.807, 2.05) is 26.8 Å². The molecule has 106 valence electrons. The summed E-state index contributed by atoms with van der Waals surface area (Å²) in [6.45, 7) is 6.75.